The summed E-state index contributed by atoms with van der Waals surface area (Å²) >= 11 is 0. The molecule has 1 saturated heterocycles. The Morgan fingerprint density at radius 2 is 2.28 bits per heavy atom. The summed E-state index contributed by atoms with van der Waals surface area (Å²) in [6, 6.07) is -0.0361. The van der Waals surface area contributed by atoms with Crippen molar-refractivity contribution >= 4 is 16.9 Å². The Labute approximate surface area is 104 Å². The van der Waals surface area contributed by atoms with E-state index in [2.05, 4.69) is 20.3 Å². The molecule has 18 heavy (non-hydrogen) atoms. The van der Waals surface area contributed by atoms with Gasteiger partial charge in [-0.2, -0.15) is 0 Å². The number of carbonyl (C=O) groups is 1. The van der Waals surface area contributed by atoms with Gasteiger partial charge in [0, 0.05) is 26.4 Å². The monoisotopic (exact) mass is 245 g/mol. The van der Waals surface area contributed by atoms with E-state index in [1.165, 1.54) is 0 Å². The molecule has 0 amide bonds. The van der Waals surface area contributed by atoms with E-state index in [1.807, 2.05) is 18.5 Å². The summed E-state index contributed by atoms with van der Waals surface area (Å²) in [5.41, 5.74) is 2.44. The zero-order valence-corrected chi connectivity index (χ0v) is 10.5. The Bertz CT molecular complexity index is 618. The van der Waals surface area contributed by atoms with E-state index in [0.29, 0.717) is 19.4 Å². The van der Waals surface area contributed by atoms with E-state index < -0.39 is 0 Å². The molecular formula is C12H15N5O. The Morgan fingerprint density at radius 1 is 1.44 bits per heavy atom. The van der Waals surface area contributed by atoms with Crippen molar-refractivity contribution in [1.82, 2.24) is 24.8 Å². The lowest BCUT2D eigenvalue weighted by Crippen LogP contribution is -2.32. The van der Waals surface area contributed by atoms with Crippen molar-refractivity contribution < 1.29 is 4.79 Å². The number of fused-ring (bicyclic) bond motifs is 1. The number of carbonyl (C=O) groups excluding carboxylic acids is 1. The molecule has 3 heterocycles. The number of aryl methyl sites for hydroxylation is 2. The van der Waals surface area contributed by atoms with Crippen LogP contribution in [0.3, 0.4) is 0 Å². The summed E-state index contributed by atoms with van der Waals surface area (Å²) in [5.74, 6) is 1.17. The molecule has 1 aliphatic rings. The van der Waals surface area contributed by atoms with Gasteiger partial charge in [-0.1, -0.05) is 0 Å². The Balaban J connectivity index is 2.11. The highest BCUT2D eigenvalue weighted by molar-refractivity contribution is 5.82. The molecule has 2 aromatic heterocycles. The van der Waals surface area contributed by atoms with Gasteiger partial charge in [0.15, 0.2) is 5.65 Å². The summed E-state index contributed by atoms with van der Waals surface area (Å²) in [7, 11) is 1.93. The van der Waals surface area contributed by atoms with Crippen molar-refractivity contribution in [3.05, 3.63) is 17.8 Å². The minimum absolute atomic E-state index is 0.0361. The predicted molar refractivity (Wildman–Crippen MR) is 66.0 cm³/mol. The average Bonchev–Trinajstić information content (AvgIpc) is 2.65. The van der Waals surface area contributed by atoms with Crippen molar-refractivity contribution in [1.29, 1.82) is 0 Å². The number of rotatable bonds is 1. The number of ketones is 1. The molecule has 3 rings (SSSR count). The fraction of sp³-hybridized carbons (Fsp3) is 0.500. The molecule has 6 heteroatoms. The van der Waals surface area contributed by atoms with Crippen molar-refractivity contribution in [3.63, 3.8) is 0 Å². The normalized spacial score (nSPS) is 20.6. The second-order valence-electron chi connectivity index (χ2n) is 4.65. The van der Waals surface area contributed by atoms with E-state index in [1.54, 1.807) is 6.33 Å². The summed E-state index contributed by atoms with van der Waals surface area (Å²) in [4.78, 5) is 24.6. The molecule has 2 aromatic rings. The van der Waals surface area contributed by atoms with Crippen molar-refractivity contribution in [2.24, 2.45) is 7.05 Å². The molecule has 0 saturated carbocycles. The molecule has 0 bridgehead atoms. The largest absolute Gasteiger partial charge is 0.316 e. The smallest absolute Gasteiger partial charge is 0.163 e. The fourth-order valence-electron chi connectivity index (χ4n) is 2.36. The molecule has 1 fully saturated rings. The maximum absolute atomic E-state index is 11.5. The zero-order valence-electron chi connectivity index (χ0n) is 10.5. The van der Waals surface area contributed by atoms with Crippen LogP contribution in [0, 0.1) is 6.92 Å². The van der Waals surface area contributed by atoms with Gasteiger partial charge in [0.1, 0.15) is 23.5 Å². The van der Waals surface area contributed by atoms with Crippen LogP contribution < -0.4 is 5.32 Å². The standard InChI is InChI=1S/C12H15N5O/c1-7-16-11-10(9-5-8(18)3-4-13-9)14-6-15-12(11)17(7)2/h6,9,13H,3-5H2,1-2H3. The SMILES string of the molecule is Cc1nc2c(C3CC(=O)CCN3)ncnc2n1C. The van der Waals surface area contributed by atoms with Crippen LogP contribution in [0.1, 0.15) is 30.4 Å². The van der Waals surface area contributed by atoms with Gasteiger partial charge in [-0.05, 0) is 6.92 Å². The second-order valence-corrected chi connectivity index (χ2v) is 4.65. The number of piperidine rings is 1. The van der Waals surface area contributed by atoms with Crippen LogP contribution in [0.25, 0.3) is 11.2 Å². The fourth-order valence-corrected chi connectivity index (χ4v) is 2.36. The van der Waals surface area contributed by atoms with Gasteiger partial charge in [0.2, 0.25) is 0 Å². The van der Waals surface area contributed by atoms with Crippen molar-refractivity contribution in [2.45, 2.75) is 25.8 Å². The number of Topliss-reactive ketones (excluding diaryl/α,β-unsaturated/α-hetero) is 1. The van der Waals surface area contributed by atoms with Crippen LogP contribution in [0.2, 0.25) is 0 Å². The van der Waals surface area contributed by atoms with Crippen LogP contribution in [0.4, 0.5) is 0 Å². The second kappa shape index (κ2) is 4.13. The molecule has 0 spiro atoms. The highest BCUT2D eigenvalue weighted by atomic mass is 16.1. The lowest BCUT2D eigenvalue weighted by molar-refractivity contribution is -0.120. The van der Waals surface area contributed by atoms with Crippen LogP contribution in [-0.4, -0.2) is 31.8 Å². The quantitative estimate of drug-likeness (QED) is 0.799. The first-order valence-electron chi connectivity index (χ1n) is 6.06. The van der Waals surface area contributed by atoms with Gasteiger partial charge in [-0.3, -0.25) is 4.79 Å². The van der Waals surface area contributed by atoms with Crippen molar-refractivity contribution in [3.8, 4) is 0 Å². The first-order chi connectivity index (χ1) is 8.66. The first-order valence-corrected chi connectivity index (χ1v) is 6.06. The molecule has 0 radical (unpaired) electrons. The summed E-state index contributed by atoms with van der Waals surface area (Å²) in [5, 5.41) is 3.33. The number of nitrogens with one attached hydrogen (secondary N) is 1. The summed E-state index contributed by atoms with van der Waals surface area (Å²) in [6.07, 6.45) is 2.63. The maximum Gasteiger partial charge on any atom is 0.163 e. The third-order valence-corrected chi connectivity index (χ3v) is 3.46. The lowest BCUT2D eigenvalue weighted by atomic mass is 10.0. The highest BCUT2D eigenvalue weighted by Crippen LogP contribution is 2.25. The van der Waals surface area contributed by atoms with Gasteiger partial charge in [0.25, 0.3) is 0 Å². The molecule has 94 valence electrons. The van der Waals surface area contributed by atoms with Crippen LogP contribution in [0.15, 0.2) is 6.33 Å². The Hall–Kier alpha value is -1.82. The Morgan fingerprint density at radius 3 is 3.06 bits per heavy atom. The highest BCUT2D eigenvalue weighted by Gasteiger charge is 2.25. The number of hydrogen-bond acceptors (Lipinski definition) is 5. The van der Waals surface area contributed by atoms with Crippen LogP contribution in [0.5, 0.6) is 0 Å². The van der Waals surface area contributed by atoms with Crippen LogP contribution >= 0.6 is 0 Å². The van der Waals surface area contributed by atoms with Gasteiger partial charge in [0.05, 0.1) is 11.7 Å². The molecule has 0 aromatic carbocycles. The molecule has 6 nitrogen and oxygen atoms in total. The van der Waals surface area contributed by atoms with Gasteiger partial charge < -0.3 is 9.88 Å². The van der Waals surface area contributed by atoms with E-state index >= 15 is 0 Å². The average molecular weight is 245 g/mol. The first kappa shape index (κ1) is 11.3. The van der Waals surface area contributed by atoms with Crippen LogP contribution in [-0.2, 0) is 11.8 Å². The lowest BCUT2D eigenvalue weighted by Gasteiger charge is -2.21. The molecule has 1 aliphatic heterocycles. The molecular weight excluding hydrogens is 230 g/mol. The summed E-state index contributed by atoms with van der Waals surface area (Å²) in [6.45, 7) is 2.64. The number of hydrogen-bond donors (Lipinski definition) is 1. The van der Waals surface area contributed by atoms with Gasteiger partial charge >= 0.3 is 0 Å². The molecule has 1 atom stereocenters. The van der Waals surface area contributed by atoms with Gasteiger partial charge in [-0.15, -0.1) is 0 Å². The van der Waals surface area contributed by atoms with Crippen molar-refractivity contribution in [2.75, 3.05) is 6.54 Å². The predicted octanol–water partition coefficient (Wildman–Crippen LogP) is 0.665. The van der Waals surface area contributed by atoms with E-state index in [4.69, 9.17) is 0 Å². The van der Waals surface area contributed by atoms with E-state index in [9.17, 15) is 4.79 Å². The topological polar surface area (TPSA) is 72.7 Å². The number of nitrogens with zero attached hydrogens (tertiary/aromatic N) is 4. The number of aromatic nitrogens is 4. The molecule has 1 unspecified atom stereocenters. The number of imidazole rings is 1. The third kappa shape index (κ3) is 1.69. The minimum atomic E-state index is -0.0361. The van der Waals surface area contributed by atoms with E-state index in [-0.39, 0.29) is 11.8 Å². The molecule has 1 N–H and O–H groups in total. The summed E-state index contributed by atoms with van der Waals surface area (Å²) < 4.78 is 1.94. The molecule has 0 aliphatic carbocycles. The van der Waals surface area contributed by atoms with E-state index in [0.717, 1.165) is 22.7 Å². The third-order valence-electron chi connectivity index (χ3n) is 3.46. The zero-order chi connectivity index (χ0) is 12.7. The van der Waals surface area contributed by atoms with Gasteiger partial charge in [-0.25, -0.2) is 15.0 Å². The Kier molecular flexibility index (Phi) is 2.59. The maximum atomic E-state index is 11.5. The minimum Gasteiger partial charge on any atom is -0.316 e.